The van der Waals surface area contributed by atoms with Crippen molar-refractivity contribution >= 4 is 0 Å². The van der Waals surface area contributed by atoms with Crippen molar-refractivity contribution in [3.63, 3.8) is 0 Å². The molecule has 118 valence electrons. The first-order valence-corrected chi connectivity index (χ1v) is 7.87. The molecule has 1 aliphatic rings. The van der Waals surface area contributed by atoms with Crippen LogP contribution in [0.2, 0.25) is 0 Å². The van der Waals surface area contributed by atoms with Gasteiger partial charge < -0.3 is 9.26 Å². The van der Waals surface area contributed by atoms with E-state index in [0.717, 1.165) is 37.5 Å². The molecule has 22 heavy (non-hydrogen) atoms. The number of hydrogen-bond acceptors (Lipinski definition) is 4. The van der Waals surface area contributed by atoms with Crippen molar-refractivity contribution < 1.29 is 9.26 Å². The fourth-order valence-corrected chi connectivity index (χ4v) is 3.36. The van der Waals surface area contributed by atoms with Gasteiger partial charge in [0.15, 0.2) is 0 Å². The van der Waals surface area contributed by atoms with Gasteiger partial charge in [0.25, 0.3) is 0 Å². The Hall–Kier alpha value is -1.65. The average molecular weight is 300 g/mol. The third kappa shape index (κ3) is 3.57. The first kappa shape index (κ1) is 15.3. The van der Waals surface area contributed by atoms with Gasteiger partial charge in [0.1, 0.15) is 5.76 Å². The first-order valence-electron chi connectivity index (χ1n) is 7.87. The number of methoxy groups -OCH3 is 1. The van der Waals surface area contributed by atoms with Crippen LogP contribution in [-0.2, 0) is 17.7 Å². The number of hydrogen-bond donors (Lipinski definition) is 0. The van der Waals surface area contributed by atoms with E-state index in [0.29, 0.717) is 5.92 Å². The minimum absolute atomic E-state index is 0.259. The summed E-state index contributed by atoms with van der Waals surface area (Å²) in [5.41, 5.74) is 3.62. The molecule has 0 spiro atoms. The lowest BCUT2D eigenvalue weighted by Gasteiger charge is -2.15. The molecule has 2 aromatic rings. The standard InChI is InChI=1S/C18H24N2O2/c1-13-5-4-6-15(7-13)10-20-11-16(18(12-20)21-3)9-17-8-14(2)19-22-17/h4-8,16,18H,9-12H2,1-3H3/t16-,18+/m1/s1. The van der Waals surface area contributed by atoms with E-state index in [1.165, 1.54) is 11.1 Å². The smallest absolute Gasteiger partial charge is 0.137 e. The molecular weight excluding hydrogens is 276 g/mol. The van der Waals surface area contributed by atoms with E-state index in [2.05, 4.69) is 41.2 Å². The van der Waals surface area contributed by atoms with Gasteiger partial charge in [-0.1, -0.05) is 35.0 Å². The van der Waals surface area contributed by atoms with Crippen molar-refractivity contribution in [2.24, 2.45) is 5.92 Å². The zero-order chi connectivity index (χ0) is 15.5. The monoisotopic (exact) mass is 300 g/mol. The Balaban J connectivity index is 1.64. The van der Waals surface area contributed by atoms with Crippen LogP contribution in [0.4, 0.5) is 0 Å². The maximum Gasteiger partial charge on any atom is 0.137 e. The number of aryl methyl sites for hydroxylation is 2. The highest BCUT2D eigenvalue weighted by atomic mass is 16.5. The normalized spacial score (nSPS) is 22.3. The SMILES string of the molecule is CO[C@H]1CN(Cc2cccc(C)c2)C[C@H]1Cc1cc(C)no1. The van der Waals surface area contributed by atoms with E-state index in [-0.39, 0.29) is 6.10 Å². The van der Waals surface area contributed by atoms with Crippen LogP contribution in [0.5, 0.6) is 0 Å². The van der Waals surface area contributed by atoms with E-state index in [1.54, 1.807) is 7.11 Å². The van der Waals surface area contributed by atoms with Crippen molar-refractivity contribution in [2.45, 2.75) is 32.9 Å². The molecule has 0 N–H and O–H groups in total. The molecule has 4 nitrogen and oxygen atoms in total. The fourth-order valence-electron chi connectivity index (χ4n) is 3.36. The van der Waals surface area contributed by atoms with Crippen LogP contribution in [0.3, 0.4) is 0 Å². The van der Waals surface area contributed by atoms with Gasteiger partial charge in [-0.05, 0) is 19.4 Å². The largest absolute Gasteiger partial charge is 0.380 e. The molecule has 1 aromatic heterocycles. The Labute approximate surface area is 132 Å². The molecule has 3 rings (SSSR count). The second-order valence-corrected chi connectivity index (χ2v) is 6.36. The van der Waals surface area contributed by atoms with Crippen molar-refractivity contribution in [3.05, 3.63) is 52.9 Å². The van der Waals surface area contributed by atoms with Gasteiger partial charge in [0, 0.05) is 45.1 Å². The molecule has 1 aromatic carbocycles. The number of likely N-dealkylation sites (tertiary alicyclic amines) is 1. The Morgan fingerprint density at radius 3 is 2.82 bits per heavy atom. The summed E-state index contributed by atoms with van der Waals surface area (Å²) in [5, 5.41) is 3.98. The van der Waals surface area contributed by atoms with Crippen LogP contribution in [0, 0.1) is 19.8 Å². The molecule has 0 radical (unpaired) electrons. The van der Waals surface area contributed by atoms with Crippen LogP contribution >= 0.6 is 0 Å². The van der Waals surface area contributed by atoms with Gasteiger partial charge in [-0.3, -0.25) is 4.90 Å². The summed E-state index contributed by atoms with van der Waals surface area (Å²) >= 11 is 0. The molecule has 2 heterocycles. The summed E-state index contributed by atoms with van der Waals surface area (Å²) in [6.07, 6.45) is 1.15. The molecule has 1 fully saturated rings. The van der Waals surface area contributed by atoms with E-state index >= 15 is 0 Å². The number of aromatic nitrogens is 1. The summed E-state index contributed by atoms with van der Waals surface area (Å²) in [6.45, 7) is 7.09. The Bertz CT molecular complexity index is 623. The van der Waals surface area contributed by atoms with Gasteiger partial charge in [0.05, 0.1) is 11.8 Å². The van der Waals surface area contributed by atoms with Crippen LogP contribution in [0.15, 0.2) is 34.9 Å². The lowest BCUT2D eigenvalue weighted by molar-refractivity contribution is 0.0761. The van der Waals surface area contributed by atoms with Gasteiger partial charge in [-0.15, -0.1) is 0 Å². The predicted octanol–water partition coefficient (Wildman–Crippen LogP) is 2.98. The first-order chi connectivity index (χ1) is 10.6. The quantitative estimate of drug-likeness (QED) is 0.851. The summed E-state index contributed by atoms with van der Waals surface area (Å²) in [5.74, 6) is 1.42. The molecule has 2 atom stereocenters. The Kier molecular flexibility index (Phi) is 4.60. The van der Waals surface area contributed by atoms with Crippen molar-refractivity contribution in [3.8, 4) is 0 Å². The number of rotatable bonds is 5. The summed E-state index contributed by atoms with van der Waals surface area (Å²) in [4.78, 5) is 2.47. The molecule has 0 aliphatic carbocycles. The van der Waals surface area contributed by atoms with Crippen LogP contribution in [0.1, 0.15) is 22.6 Å². The maximum absolute atomic E-state index is 5.69. The van der Waals surface area contributed by atoms with Gasteiger partial charge in [-0.2, -0.15) is 0 Å². The zero-order valence-corrected chi connectivity index (χ0v) is 13.6. The van der Waals surface area contributed by atoms with Crippen molar-refractivity contribution in [1.29, 1.82) is 0 Å². The molecule has 4 heteroatoms. The second-order valence-electron chi connectivity index (χ2n) is 6.36. The highest BCUT2D eigenvalue weighted by Gasteiger charge is 2.33. The number of benzene rings is 1. The van der Waals surface area contributed by atoms with Crippen LogP contribution in [0.25, 0.3) is 0 Å². The number of nitrogens with zero attached hydrogens (tertiary/aromatic N) is 2. The molecular formula is C18H24N2O2. The fraction of sp³-hybridized carbons (Fsp3) is 0.500. The van der Waals surface area contributed by atoms with Crippen LogP contribution < -0.4 is 0 Å². The van der Waals surface area contributed by atoms with Crippen LogP contribution in [-0.4, -0.2) is 36.4 Å². The summed E-state index contributed by atoms with van der Waals surface area (Å²) in [7, 11) is 1.81. The van der Waals surface area contributed by atoms with E-state index in [4.69, 9.17) is 9.26 Å². The topological polar surface area (TPSA) is 38.5 Å². The minimum atomic E-state index is 0.259. The van der Waals surface area contributed by atoms with Gasteiger partial charge >= 0.3 is 0 Å². The van der Waals surface area contributed by atoms with Crippen molar-refractivity contribution in [1.82, 2.24) is 10.1 Å². The predicted molar refractivity (Wildman–Crippen MR) is 85.7 cm³/mol. The third-order valence-corrected chi connectivity index (χ3v) is 4.39. The highest BCUT2D eigenvalue weighted by molar-refractivity contribution is 5.22. The molecule has 0 bridgehead atoms. The molecule has 1 aliphatic heterocycles. The van der Waals surface area contributed by atoms with Crippen molar-refractivity contribution in [2.75, 3.05) is 20.2 Å². The Morgan fingerprint density at radius 1 is 1.27 bits per heavy atom. The lowest BCUT2D eigenvalue weighted by Crippen LogP contribution is -2.23. The molecule has 1 saturated heterocycles. The molecule has 0 saturated carbocycles. The molecule has 0 amide bonds. The maximum atomic E-state index is 5.69. The third-order valence-electron chi connectivity index (χ3n) is 4.39. The van der Waals surface area contributed by atoms with E-state index in [9.17, 15) is 0 Å². The minimum Gasteiger partial charge on any atom is -0.380 e. The summed E-state index contributed by atoms with van der Waals surface area (Å²) < 4.78 is 11.1. The highest BCUT2D eigenvalue weighted by Crippen LogP contribution is 2.25. The average Bonchev–Trinajstić information content (AvgIpc) is 3.05. The van der Waals surface area contributed by atoms with Gasteiger partial charge in [-0.25, -0.2) is 0 Å². The van der Waals surface area contributed by atoms with Gasteiger partial charge in [0.2, 0.25) is 0 Å². The second kappa shape index (κ2) is 6.63. The number of ether oxygens (including phenoxy) is 1. The zero-order valence-electron chi connectivity index (χ0n) is 13.6. The van der Waals surface area contributed by atoms with E-state index in [1.807, 2.05) is 13.0 Å². The van der Waals surface area contributed by atoms with E-state index < -0.39 is 0 Å². The molecule has 0 unspecified atom stereocenters. The summed E-state index contributed by atoms with van der Waals surface area (Å²) in [6, 6.07) is 10.7. The Morgan fingerprint density at radius 2 is 2.14 bits per heavy atom. The lowest BCUT2D eigenvalue weighted by atomic mass is 10.0.